The molecule has 1 aromatic heterocycles. The van der Waals surface area contributed by atoms with Gasteiger partial charge in [-0.2, -0.15) is 13.2 Å². The number of amides is 1. The molecule has 1 N–H and O–H groups in total. The molecule has 0 atom stereocenters. The molecule has 114 valence electrons. The summed E-state index contributed by atoms with van der Waals surface area (Å²) in [6.45, 7) is 1.87. The first-order valence-corrected chi connectivity index (χ1v) is 6.43. The molecule has 0 unspecified atom stereocenters. The number of halogens is 3. The van der Waals surface area contributed by atoms with Crippen LogP contribution in [0.5, 0.6) is 0 Å². The molecule has 6 heteroatoms. The number of aryl methyl sites for hydroxylation is 1. The minimum absolute atomic E-state index is 0.405. The van der Waals surface area contributed by atoms with Gasteiger partial charge in [0.25, 0.3) is 0 Å². The van der Waals surface area contributed by atoms with Gasteiger partial charge in [-0.1, -0.05) is 12.1 Å². The first kappa shape index (κ1) is 15.8. The van der Waals surface area contributed by atoms with Crippen molar-refractivity contribution in [3.05, 3.63) is 65.4 Å². The van der Waals surface area contributed by atoms with Crippen LogP contribution in [-0.2, 0) is 11.0 Å². The van der Waals surface area contributed by atoms with Crippen LogP contribution in [0.15, 0.2) is 48.7 Å². The van der Waals surface area contributed by atoms with Gasteiger partial charge in [0.15, 0.2) is 0 Å². The van der Waals surface area contributed by atoms with Gasteiger partial charge >= 0.3 is 6.18 Å². The molecule has 0 aliphatic carbocycles. The Morgan fingerprint density at radius 1 is 1.18 bits per heavy atom. The summed E-state index contributed by atoms with van der Waals surface area (Å²) < 4.78 is 37.3. The normalized spacial score (nSPS) is 11.6. The van der Waals surface area contributed by atoms with E-state index in [1.165, 1.54) is 24.3 Å². The van der Waals surface area contributed by atoms with Crippen LogP contribution in [0.4, 0.5) is 19.0 Å². The van der Waals surface area contributed by atoms with Crippen LogP contribution in [0.2, 0.25) is 0 Å². The zero-order valence-electron chi connectivity index (χ0n) is 11.7. The molecule has 1 heterocycles. The Kier molecular flexibility index (Phi) is 4.60. The molecule has 0 bridgehead atoms. The van der Waals surface area contributed by atoms with E-state index in [1.54, 1.807) is 18.3 Å². The minimum atomic E-state index is -4.36. The average molecular weight is 306 g/mol. The molecule has 0 radical (unpaired) electrons. The summed E-state index contributed by atoms with van der Waals surface area (Å²) in [4.78, 5) is 15.7. The van der Waals surface area contributed by atoms with Crippen molar-refractivity contribution in [2.75, 3.05) is 5.32 Å². The molecule has 1 amide bonds. The van der Waals surface area contributed by atoms with E-state index in [9.17, 15) is 18.0 Å². The number of hydrogen-bond acceptors (Lipinski definition) is 2. The second-order valence-electron chi connectivity index (χ2n) is 4.66. The first-order chi connectivity index (χ1) is 10.3. The molecular weight excluding hydrogens is 293 g/mol. The van der Waals surface area contributed by atoms with Gasteiger partial charge in [0.1, 0.15) is 5.82 Å². The zero-order chi connectivity index (χ0) is 16.2. The molecule has 0 saturated heterocycles. The van der Waals surface area contributed by atoms with Crippen LogP contribution in [0.1, 0.15) is 16.7 Å². The van der Waals surface area contributed by atoms with Gasteiger partial charge in [-0.15, -0.1) is 0 Å². The number of nitrogens with one attached hydrogen (secondary N) is 1. The van der Waals surface area contributed by atoms with E-state index in [0.29, 0.717) is 11.4 Å². The van der Waals surface area contributed by atoms with E-state index in [-0.39, 0.29) is 0 Å². The lowest BCUT2D eigenvalue weighted by Crippen LogP contribution is -2.09. The van der Waals surface area contributed by atoms with Gasteiger partial charge in [0.2, 0.25) is 5.91 Å². The predicted octanol–water partition coefficient (Wildman–Crippen LogP) is 4.06. The molecule has 2 rings (SSSR count). The van der Waals surface area contributed by atoms with Crippen molar-refractivity contribution in [2.24, 2.45) is 0 Å². The number of carbonyl (C=O) groups excluding carboxylic acids is 1. The first-order valence-electron chi connectivity index (χ1n) is 6.43. The van der Waals surface area contributed by atoms with E-state index >= 15 is 0 Å². The lowest BCUT2D eigenvalue weighted by atomic mass is 10.1. The highest BCUT2D eigenvalue weighted by Gasteiger charge is 2.29. The molecule has 3 nitrogen and oxygen atoms in total. The Bertz CT molecular complexity index is 691. The quantitative estimate of drug-likeness (QED) is 0.869. The van der Waals surface area contributed by atoms with Crippen LogP contribution < -0.4 is 5.32 Å². The van der Waals surface area contributed by atoms with Crippen LogP contribution in [0.3, 0.4) is 0 Å². The molecule has 0 aliphatic rings. The van der Waals surface area contributed by atoms with Crippen LogP contribution in [-0.4, -0.2) is 10.9 Å². The van der Waals surface area contributed by atoms with Crippen molar-refractivity contribution >= 4 is 17.8 Å². The largest absolute Gasteiger partial charge is 0.416 e. The average Bonchev–Trinajstić information content (AvgIpc) is 2.45. The predicted molar refractivity (Wildman–Crippen MR) is 78.1 cm³/mol. The molecular formula is C16H13F3N2O. The van der Waals surface area contributed by atoms with Crippen LogP contribution in [0, 0.1) is 6.92 Å². The summed E-state index contributed by atoms with van der Waals surface area (Å²) in [5.41, 5.74) is 0.732. The monoisotopic (exact) mass is 306 g/mol. The number of nitrogens with zero attached hydrogens (tertiary/aromatic N) is 1. The molecule has 0 spiro atoms. The second kappa shape index (κ2) is 6.43. The smallest absolute Gasteiger partial charge is 0.307 e. The third-order valence-electron chi connectivity index (χ3n) is 2.83. The highest BCUT2D eigenvalue weighted by molar-refractivity contribution is 6.01. The van der Waals surface area contributed by atoms with Gasteiger partial charge < -0.3 is 5.32 Å². The Balaban J connectivity index is 2.00. The number of hydrogen-bond donors (Lipinski definition) is 1. The third-order valence-corrected chi connectivity index (χ3v) is 2.83. The number of anilines is 1. The summed E-state index contributed by atoms with van der Waals surface area (Å²) in [6, 6.07) is 8.06. The van der Waals surface area contributed by atoms with Crippen molar-refractivity contribution in [1.29, 1.82) is 0 Å². The molecule has 0 fully saturated rings. The Labute approximate surface area is 125 Å². The highest BCUT2D eigenvalue weighted by Crippen LogP contribution is 2.29. The molecule has 22 heavy (non-hydrogen) atoms. The lowest BCUT2D eigenvalue weighted by Gasteiger charge is -2.06. The summed E-state index contributed by atoms with van der Waals surface area (Å²) in [7, 11) is 0. The van der Waals surface area contributed by atoms with E-state index in [0.717, 1.165) is 17.7 Å². The van der Waals surface area contributed by atoms with E-state index in [4.69, 9.17) is 0 Å². The molecule has 0 saturated carbocycles. The summed E-state index contributed by atoms with van der Waals surface area (Å²) >= 11 is 0. The maximum absolute atomic E-state index is 12.4. The molecule has 2 aromatic rings. The van der Waals surface area contributed by atoms with E-state index < -0.39 is 17.6 Å². The van der Waals surface area contributed by atoms with Gasteiger partial charge in [-0.05, 0) is 48.4 Å². The number of rotatable bonds is 3. The fraction of sp³-hybridized carbons (Fsp3) is 0.125. The molecule has 0 aliphatic heterocycles. The fourth-order valence-electron chi connectivity index (χ4n) is 1.73. The van der Waals surface area contributed by atoms with Crippen molar-refractivity contribution < 1.29 is 18.0 Å². The number of benzene rings is 1. The highest BCUT2D eigenvalue weighted by atomic mass is 19.4. The number of pyridine rings is 1. The van der Waals surface area contributed by atoms with Gasteiger partial charge in [0, 0.05) is 12.3 Å². The topological polar surface area (TPSA) is 42.0 Å². The fourth-order valence-corrected chi connectivity index (χ4v) is 1.73. The molecule has 1 aromatic carbocycles. The van der Waals surface area contributed by atoms with Gasteiger partial charge in [0.05, 0.1) is 5.56 Å². The Morgan fingerprint density at radius 2 is 1.86 bits per heavy atom. The van der Waals surface area contributed by atoms with E-state index in [2.05, 4.69) is 10.3 Å². The lowest BCUT2D eigenvalue weighted by molar-refractivity contribution is -0.137. The Morgan fingerprint density at radius 3 is 2.45 bits per heavy atom. The summed E-state index contributed by atoms with van der Waals surface area (Å²) in [5.74, 6) is 0.0140. The minimum Gasteiger partial charge on any atom is -0.307 e. The van der Waals surface area contributed by atoms with Crippen LogP contribution in [0.25, 0.3) is 6.08 Å². The standard InChI is InChI=1S/C16H13F3N2O/c1-11-8-9-20-14(10-11)21-15(22)7-4-12-2-5-13(6-3-12)16(17,18)19/h2-10H,1H3,(H,20,21,22)/b7-4+. The SMILES string of the molecule is Cc1ccnc(NC(=O)/C=C/c2ccc(C(F)(F)F)cc2)c1. The number of carbonyl (C=O) groups is 1. The number of alkyl halides is 3. The van der Waals surface area contributed by atoms with Crippen molar-refractivity contribution in [3.8, 4) is 0 Å². The van der Waals surface area contributed by atoms with Gasteiger partial charge in [-0.3, -0.25) is 4.79 Å². The van der Waals surface area contributed by atoms with Crippen molar-refractivity contribution in [2.45, 2.75) is 13.1 Å². The van der Waals surface area contributed by atoms with Crippen molar-refractivity contribution in [3.63, 3.8) is 0 Å². The number of aromatic nitrogens is 1. The zero-order valence-corrected chi connectivity index (χ0v) is 11.7. The Hall–Kier alpha value is -2.63. The summed E-state index contributed by atoms with van der Waals surface area (Å²) in [5, 5.41) is 2.57. The van der Waals surface area contributed by atoms with E-state index in [1.807, 2.05) is 6.92 Å². The van der Waals surface area contributed by atoms with Crippen molar-refractivity contribution in [1.82, 2.24) is 4.98 Å². The maximum atomic E-state index is 12.4. The summed E-state index contributed by atoms with van der Waals surface area (Å²) in [6.07, 6.45) is -0.112. The second-order valence-corrected chi connectivity index (χ2v) is 4.66. The maximum Gasteiger partial charge on any atom is 0.416 e. The van der Waals surface area contributed by atoms with Gasteiger partial charge in [-0.25, -0.2) is 4.98 Å². The van der Waals surface area contributed by atoms with Crippen LogP contribution >= 0.6 is 0 Å². The third kappa shape index (κ3) is 4.44.